The van der Waals surface area contributed by atoms with E-state index in [2.05, 4.69) is 11.5 Å². The molecule has 0 fully saturated rings. The Labute approximate surface area is 107 Å². The number of nitrogens with two attached hydrogens (primary N) is 1. The fourth-order valence-corrected chi connectivity index (χ4v) is 2.61. The lowest BCUT2D eigenvalue weighted by molar-refractivity contribution is 0.409. The van der Waals surface area contributed by atoms with Crippen molar-refractivity contribution in [3.05, 3.63) is 23.4 Å². The largest absolute Gasteiger partial charge is 0.496 e. The summed E-state index contributed by atoms with van der Waals surface area (Å²) in [6.07, 6.45) is 0.851. The monoisotopic (exact) mass is 248 g/mol. The van der Waals surface area contributed by atoms with Gasteiger partial charge in [0, 0.05) is 24.5 Å². The van der Waals surface area contributed by atoms with Crippen LogP contribution >= 0.6 is 0 Å². The zero-order chi connectivity index (χ0) is 13.3. The van der Waals surface area contributed by atoms with Crippen molar-refractivity contribution in [3.63, 3.8) is 0 Å². The molecule has 1 heterocycles. The summed E-state index contributed by atoms with van der Waals surface area (Å²) in [6.45, 7) is 2.74. The second kappa shape index (κ2) is 4.90. The first kappa shape index (κ1) is 12.8. The molecule has 0 saturated heterocycles. The van der Waals surface area contributed by atoms with Crippen molar-refractivity contribution < 1.29 is 9.47 Å². The summed E-state index contributed by atoms with van der Waals surface area (Å²) in [5, 5.41) is 1.11. The third-order valence-corrected chi connectivity index (χ3v) is 3.47. The molecule has 2 N–H and O–H groups in total. The van der Waals surface area contributed by atoms with Gasteiger partial charge >= 0.3 is 0 Å². The molecule has 0 atom stereocenters. The van der Waals surface area contributed by atoms with E-state index in [1.165, 1.54) is 11.3 Å². The molecule has 1 aromatic heterocycles. The van der Waals surface area contributed by atoms with Crippen molar-refractivity contribution in [2.24, 2.45) is 12.8 Å². The number of benzene rings is 1. The molecule has 2 rings (SSSR count). The van der Waals surface area contributed by atoms with Gasteiger partial charge in [-0.1, -0.05) is 0 Å². The Morgan fingerprint density at radius 1 is 1.17 bits per heavy atom. The van der Waals surface area contributed by atoms with E-state index in [0.717, 1.165) is 28.8 Å². The topological polar surface area (TPSA) is 49.4 Å². The fourth-order valence-electron chi connectivity index (χ4n) is 2.61. The normalized spacial score (nSPS) is 10.9. The van der Waals surface area contributed by atoms with Crippen LogP contribution in [0.4, 0.5) is 0 Å². The van der Waals surface area contributed by atoms with Crippen LogP contribution in [0.15, 0.2) is 12.1 Å². The van der Waals surface area contributed by atoms with Crippen molar-refractivity contribution in [3.8, 4) is 11.5 Å². The smallest absolute Gasteiger partial charge is 0.143 e. The van der Waals surface area contributed by atoms with E-state index in [-0.39, 0.29) is 0 Å². The van der Waals surface area contributed by atoms with E-state index in [1.54, 1.807) is 14.2 Å². The highest BCUT2D eigenvalue weighted by Gasteiger charge is 2.18. The number of nitrogens with zero attached hydrogens (tertiary/aromatic N) is 1. The van der Waals surface area contributed by atoms with Crippen LogP contribution in [0.3, 0.4) is 0 Å². The quantitative estimate of drug-likeness (QED) is 0.900. The molecule has 0 aliphatic heterocycles. The van der Waals surface area contributed by atoms with Gasteiger partial charge in [-0.05, 0) is 31.2 Å². The number of ether oxygens (including phenoxy) is 2. The summed E-state index contributed by atoms with van der Waals surface area (Å²) >= 11 is 0. The average Bonchev–Trinajstić information content (AvgIpc) is 2.64. The third-order valence-electron chi connectivity index (χ3n) is 3.47. The Hall–Kier alpha value is -1.68. The lowest BCUT2D eigenvalue weighted by atomic mass is 10.1. The number of methoxy groups -OCH3 is 2. The zero-order valence-corrected chi connectivity index (χ0v) is 11.4. The van der Waals surface area contributed by atoms with Crippen LogP contribution in [0.25, 0.3) is 10.9 Å². The van der Waals surface area contributed by atoms with Crippen LogP contribution in [0.2, 0.25) is 0 Å². The summed E-state index contributed by atoms with van der Waals surface area (Å²) in [6, 6.07) is 3.88. The summed E-state index contributed by atoms with van der Waals surface area (Å²) in [5.41, 5.74) is 9.20. The van der Waals surface area contributed by atoms with Gasteiger partial charge < -0.3 is 19.8 Å². The van der Waals surface area contributed by atoms with Crippen LogP contribution in [-0.2, 0) is 13.5 Å². The highest BCUT2D eigenvalue weighted by molar-refractivity contribution is 5.95. The van der Waals surface area contributed by atoms with Gasteiger partial charge in [0.05, 0.1) is 19.7 Å². The number of aryl methyl sites for hydroxylation is 2. The van der Waals surface area contributed by atoms with Gasteiger partial charge in [0.1, 0.15) is 11.5 Å². The highest BCUT2D eigenvalue weighted by atomic mass is 16.5. The molecule has 0 amide bonds. The second-order valence-electron chi connectivity index (χ2n) is 4.36. The van der Waals surface area contributed by atoms with Crippen LogP contribution in [-0.4, -0.2) is 25.3 Å². The molecule has 0 aliphatic rings. The lowest BCUT2D eigenvalue weighted by Gasteiger charge is -2.08. The fraction of sp³-hybridized carbons (Fsp3) is 0.429. The number of rotatable bonds is 4. The molecule has 0 spiro atoms. The van der Waals surface area contributed by atoms with Gasteiger partial charge in [0.25, 0.3) is 0 Å². The van der Waals surface area contributed by atoms with E-state index in [9.17, 15) is 0 Å². The van der Waals surface area contributed by atoms with Crippen LogP contribution in [0.1, 0.15) is 11.3 Å². The molecule has 0 saturated carbocycles. The molecule has 2 aromatic rings. The second-order valence-corrected chi connectivity index (χ2v) is 4.36. The molecular formula is C14H20N2O2. The van der Waals surface area contributed by atoms with Crippen molar-refractivity contribution in [2.45, 2.75) is 13.3 Å². The van der Waals surface area contributed by atoms with Gasteiger partial charge in [-0.2, -0.15) is 0 Å². The molecule has 0 aliphatic carbocycles. The Kier molecular flexibility index (Phi) is 3.48. The summed E-state index contributed by atoms with van der Waals surface area (Å²) < 4.78 is 13.1. The summed E-state index contributed by atoms with van der Waals surface area (Å²) in [4.78, 5) is 0. The molecular weight excluding hydrogens is 228 g/mol. The highest BCUT2D eigenvalue weighted by Crippen LogP contribution is 2.38. The van der Waals surface area contributed by atoms with E-state index < -0.39 is 0 Å². The number of hydrogen-bond acceptors (Lipinski definition) is 3. The summed E-state index contributed by atoms with van der Waals surface area (Å²) in [7, 11) is 5.42. The summed E-state index contributed by atoms with van der Waals surface area (Å²) in [5.74, 6) is 1.74. The van der Waals surface area contributed by atoms with E-state index in [0.29, 0.717) is 6.54 Å². The van der Waals surface area contributed by atoms with E-state index in [4.69, 9.17) is 15.2 Å². The molecule has 0 bridgehead atoms. The molecule has 18 heavy (non-hydrogen) atoms. The predicted molar refractivity (Wildman–Crippen MR) is 73.5 cm³/mol. The number of hydrogen-bond donors (Lipinski definition) is 1. The van der Waals surface area contributed by atoms with Gasteiger partial charge in [-0.3, -0.25) is 0 Å². The molecule has 4 heteroatoms. The molecule has 98 valence electrons. The molecule has 1 aromatic carbocycles. The Bertz CT molecular complexity index is 526. The molecule has 4 nitrogen and oxygen atoms in total. The van der Waals surface area contributed by atoms with Gasteiger partial charge in [0.2, 0.25) is 0 Å². The maximum atomic E-state index is 5.69. The van der Waals surface area contributed by atoms with Crippen molar-refractivity contribution in [1.82, 2.24) is 4.57 Å². The SMILES string of the molecule is COc1ccc(OC)c2c1c(C)c(CCN)n2C. The number of aromatic nitrogens is 1. The van der Waals surface area contributed by atoms with Crippen LogP contribution < -0.4 is 15.2 Å². The minimum atomic E-state index is 0.635. The number of fused-ring (bicyclic) bond motifs is 1. The van der Waals surface area contributed by atoms with Gasteiger partial charge in [-0.15, -0.1) is 0 Å². The van der Waals surface area contributed by atoms with Crippen molar-refractivity contribution in [2.75, 3.05) is 20.8 Å². The predicted octanol–water partition coefficient (Wildman–Crippen LogP) is 2.01. The van der Waals surface area contributed by atoms with Crippen molar-refractivity contribution in [1.29, 1.82) is 0 Å². The van der Waals surface area contributed by atoms with Crippen LogP contribution in [0, 0.1) is 6.92 Å². The molecule has 0 unspecified atom stereocenters. The minimum absolute atomic E-state index is 0.635. The first-order valence-electron chi connectivity index (χ1n) is 6.04. The first-order chi connectivity index (χ1) is 8.65. The van der Waals surface area contributed by atoms with E-state index >= 15 is 0 Å². The van der Waals surface area contributed by atoms with Crippen molar-refractivity contribution >= 4 is 10.9 Å². The molecule has 0 radical (unpaired) electrons. The first-order valence-corrected chi connectivity index (χ1v) is 6.04. The van der Waals surface area contributed by atoms with Gasteiger partial charge in [-0.25, -0.2) is 0 Å². The zero-order valence-electron chi connectivity index (χ0n) is 11.4. The van der Waals surface area contributed by atoms with E-state index in [1.807, 2.05) is 19.2 Å². The van der Waals surface area contributed by atoms with Crippen LogP contribution in [0.5, 0.6) is 11.5 Å². The maximum absolute atomic E-state index is 5.69. The standard InChI is InChI=1S/C14H20N2O2/c1-9-10(7-8-15)16(2)14-12(18-4)6-5-11(17-3)13(9)14/h5-6H,7-8,15H2,1-4H3. The average molecular weight is 248 g/mol. The Morgan fingerprint density at radius 3 is 2.33 bits per heavy atom. The Morgan fingerprint density at radius 2 is 1.78 bits per heavy atom. The minimum Gasteiger partial charge on any atom is -0.496 e. The third kappa shape index (κ3) is 1.73. The Balaban J connectivity index is 2.85. The lowest BCUT2D eigenvalue weighted by Crippen LogP contribution is -2.07. The maximum Gasteiger partial charge on any atom is 0.143 e. The van der Waals surface area contributed by atoms with Gasteiger partial charge in [0.15, 0.2) is 0 Å².